The molecule has 2 heterocycles. The van der Waals surface area contributed by atoms with Gasteiger partial charge < -0.3 is 18.6 Å². The number of nitrogens with zero attached hydrogens (tertiary/aromatic N) is 3. The first-order valence-electron chi connectivity index (χ1n) is 8.35. The average Bonchev–Trinajstić information content (AvgIpc) is 3.24. The van der Waals surface area contributed by atoms with Crippen LogP contribution >= 0.6 is 11.3 Å². The Morgan fingerprint density at radius 2 is 2.15 bits per heavy atom. The minimum atomic E-state index is -0.489. The van der Waals surface area contributed by atoms with E-state index in [4.69, 9.17) is 14.0 Å². The molecule has 0 aliphatic carbocycles. The molecule has 0 spiro atoms. The zero-order chi connectivity index (χ0) is 19.4. The van der Waals surface area contributed by atoms with E-state index in [1.54, 1.807) is 25.1 Å². The molecule has 0 saturated heterocycles. The van der Waals surface area contributed by atoms with Crippen molar-refractivity contribution in [3.63, 3.8) is 0 Å². The summed E-state index contributed by atoms with van der Waals surface area (Å²) in [5.41, 5.74) is 1.44. The van der Waals surface area contributed by atoms with Gasteiger partial charge in [-0.15, -0.1) is 0 Å². The summed E-state index contributed by atoms with van der Waals surface area (Å²) in [4.78, 5) is 28.9. The molecule has 1 amide bonds. The highest BCUT2D eigenvalue weighted by Crippen LogP contribution is 2.20. The van der Waals surface area contributed by atoms with Crippen LogP contribution in [0.2, 0.25) is 0 Å². The lowest BCUT2D eigenvalue weighted by Gasteiger charge is -2.05. The molecule has 142 valence electrons. The Bertz CT molecular complexity index is 1050. The van der Waals surface area contributed by atoms with Gasteiger partial charge in [-0.05, 0) is 32.0 Å². The number of hydrogen-bond acceptors (Lipinski definition) is 7. The van der Waals surface area contributed by atoms with Gasteiger partial charge in [0.05, 0.1) is 29.5 Å². The first kappa shape index (κ1) is 19.0. The van der Waals surface area contributed by atoms with Crippen molar-refractivity contribution in [2.45, 2.75) is 20.4 Å². The molecule has 0 radical (unpaired) electrons. The van der Waals surface area contributed by atoms with E-state index in [1.165, 1.54) is 18.4 Å². The van der Waals surface area contributed by atoms with E-state index >= 15 is 0 Å². The first-order valence-corrected chi connectivity index (χ1v) is 9.17. The topological polar surface area (TPSA) is 95.9 Å². The monoisotopic (exact) mass is 389 g/mol. The molecule has 0 saturated carbocycles. The third-order valence-electron chi connectivity index (χ3n) is 3.81. The molecule has 27 heavy (non-hydrogen) atoms. The van der Waals surface area contributed by atoms with Gasteiger partial charge in [0.1, 0.15) is 5.76 Å². The van der Waals surface area contributed by atoms with Crippen LogP contribution in [0.15, 0.2) is 33.8 Å². The highest BCUT2D eigenvalue weighted by Gasteiger charge is 2.14. The number of rotatable bonds is 6. The second-order valence-corrected chi connectivity index (χ2v) is 6.66. The first-order chi connectivity index (χ1) is 13.0. The zero-order valence-electron chi connectivity index (χ0n) is 15.2. The van der Waals surface area contributed by atoms with Crippen molar-refractivity contribution in [1.82, 2.24) is 9.72 Å². The molecule has 0 atom stereocenters. The number of carbonyl (C=O) groups excluding carboxylic acids is 2. The van der Waals surface area contributed by atoms with Crippen molar-refractivity contribution in [2.24, 2.45) is 4.99 Å². The second kappa shape index (κ2) is 8.28. The van der Waals surface area contributed by atoms with Crippen molar-refractivity contribution in [2.75, 3.05) is 20.3 Å². The normalized spacial score (nSPS) is 11.9. The van der Waals surface area contributed by atoms with Crippen LogP contribution < -0.4 is 4.80 Å². The summed E-state index contributed by atoms with van der Waals surface area (Å²) in [6.45, 7) is 5.22. The summed E-state index contributed by atoms with van der Waals surface area (Å²) < 4.78 is 17.9. The summed E-state index contributed by atoms with van der Waals surface area (Å²) in [7, 11) is 1.34. The summed E-state index contributed by atoms with van der Waals surface area (Å²) >= 11 is 1.31. The Hall–Kier alpha value is -2.78. The third-order valence-corrected chi connectivity index (χ3v) is 4.85. The van der Waals surface area contributed by atoms with Gasteiger partial charge in [0.2, 0.25) is 0 Å². The minimum Gasteiger partial charge on any atom is -0.465 e. The number of ether oxygens (including phenoxy) is 2. The van der Waals surface area contributed by atoms with Crippen molar-refractivity contribution < 1.29 is 23.6 Å². The number of esters is 1. The number of methoxy groups -OCH3 is 1. The molecular weight excluding hydrogens is 370 g/mol. The Morgan fingerprint density at radius 1 is 1.33 bits per heavy atom. The van der Waals surface area contributed by atoms with Crippen LogP contribution in [-0.4, -0.2) is 41.9 Å². The van der Waals surface area contributed by atoms with Crippen LogP contribution in [0.25, 0.3) is 10.2 Å². The van der Waals surface area contributed by atoms with Gasteiger partial charge in [-0.2, -0.15) is 4.99 Å². The van der Waals surface area contributed by atoms with Crippen molar-refractivity contribution >= 4 is 33.4 Å². The Labute approximate surface area is 159 Å². The maximum absolute atomic E-state index is 12.4. The Kier molecular flexibility index (Phi) is 5.82. The number of aryl methyl sites for hydroxylation is 1. The minimum absolute atomic E-state index is 0.150. The molecule has 8 nitrogen and oxygen atoms in total. The molecule has 0 aliphatic rings. The maximum atomic E-state index is 12.4. The standard InChI is InChI=1S/C18H19N3O5S/c1-4-25-8-7-21-14-6-5-12(17(23)24-3)10-15(14)27-18(21)19-16(22)13-9-11(2)26-20-13/h5-6,9-10H,4,7-8H2,1-3H3. The van der Waals surface area contributed by atoms with E-state index in [0.717, 1.165) is 10.2 Å². The summed E-state index contributed by atoms with van der Waals surface area (Å²) in [5, 5.41) is 3.71. The van der Waals surface area contributed by atoms with E-state index in [1.807, 2.05) is 17.6 Å². The third kappa shape index (κ3) is 4.15. The number of fused-ring (bicyclic) bond motifs is 1. The molecule has 9 heteroatoms. The average molecular weight is 389 g/mol. The molecule has 2 aromatic heterocycles. The van der Waals surface area contributed by atoms with Crippen molar-refractivity contribution in [3.8, 4) is 0 Å². The molecule has 3 rings (SSSR count). The van der Waals surface area contributed by atoms with Gasteiger partial charge in [-0.25, -0.2) is 4.79 Å². The van der Waals surface area contributed by atoms with Crippen LogP contribution in [0.1, 0.15) is 33.5 Å². The lowest BCUT2D eigenvalue weighted by molar-refractivity contribution is 0.0600. The summed E-state index contributed by atoms with van der Waals surface area (Å²) in [6.07, 6.45) is 0. The van der Waals surface area contributed by atoms with E-state index in [2.05, 4.69) is 10.1 Å². The molecule has 0 N–H and O–H groups in total. The van der Waals surface area contributed by atoms with Crippen LogP contribution in [0, 0.1) is 6.92 Å². The number of thiazole rings is 1. The fourth-order valence-electron chi connectivity index (χ4n) is 2.53. The van der Waals surface area contributed by atoms with Crippen LogP contribution in [0.5, 0.6) is 0 Å². The molecular formula is C18H19N3O5S. The number of amides is 1. The van der Waals surface area contributed by atoms with Crippen LogP contribution in [0.3, 0.4) is 0 Å². The highest BCUT2D eigenvalue weighted by molar-refractivity contribution is 7.16. The molecule has 0 bridgehead atoms. The number of aromatic nitrogens is 2. The van der Waals surface area contributed by atoms with E-state index in [-0.39, 0.29) is 5.69 Å². The number of carbonyl (C=O) groups is 2. The van der Waals surface area contributed by atoms with E-state index in [0.29, 0.717) is 35.9 Å². The van der Waals surface area contributed by atoms with Gasteiger partial charge in [-0.1, -0.05) is 16.5 Å². The van der Waals surface area contributed by atoms with Gasteiger partial charge in [-0.3, -0.25) is 4.79 Å². The lowest BCUT2D eigenvalue weighted by Crippen LogP contribution is -2.19. The van der Waals surface area contributed by atoms with Crippen molar-refractivity contribution in [3.05, 3.63) is 46.1 Å². The van der Waals surface area contributed by atoms with Crippen LogP contribution in [-0.2, 0) is 16.0 Å². The Balaban J connectivity index is 2.08. The maximum Gasteiger partial charge on any atom is 0.337 e. The molecule has 3 aromatic rings. The van der Waals surface area contributed by atoms with Crippen LogP contribution in [0.4, 0.5) is 0 Å². The molecule has 0 unspecified atom stereocenters. The predicted octanol–water partition coefficient (Wildman–Crippen LogP) is 2.56. The Morgan fingerprint density at radius 3 is 2.81 bits per heavy atom. The van der Waals surface area contributed by atoms with E-state index < -0.39 is 11.9 Å². The van der Waals surface area contributed by atoms with Gasteiger partial charge in [0, 0.05) is 19.2 Å². The lowest BCUT2D eigenvalue weighted by atomic mass is 10.2. The van der Waals surface area contributed by atoms with Crippen molar-refractivity contribution in [1.29, 1.82) is 0 Å². The van der Waals surface area contributed by atoms with Gasteiger partial charge in [0.15, 0.2) is 10.5 Å². The van der Waals surface area contributed by atoms with E-state index in [9.17, 15) is 9.59 Å². The van der Waals surface area contributed by atoms with Gasteiger partial charge >= 0.3 is 11.9 Å². The molecule has 0 aliphatic heterocycles. The quantitative estimate of drug-likeness (QED) is 0.475. The fourth-order valence-corrected chi connectivity index (χ4v) is 3.62. The summed E-state index contributed by atoms with van der Waals surface area (Å²) in [5.74, 6) is -0.368. The summed E-state index contributed by atoms with van der Waals surface area (Å²) in [6, 6.07) is 6.77. The molecule has 0 fully saturated rings. The zero-order valence-corrected chi connectivity index (χ0v) is 16.0. The second-order valence-electron chi connectivity index (χ2n) is 5.65. The van der Waals surface area contributed by atoms with Gasteiger partial charge in [0.25, 0.3) is 0 Å². The smallest absolute Gasteiger partial charge is 0.337 e. The molecule has 1 aromatic carbocycles. The largest absolute Gasteiger partial charge is 0.465 e. The number of hydrogen-bond donors (Lipinski definition) is 0. The fraction of sp³-hybridized carbons (Fsp3) is 0.333. The SMILES string of the molecule is CCOCCn1c(=NC(=O)c2cc(C)on2)sc2cc(C(=O)OC)ccc21. The number of benzene rings is 1. The predicted molar refractivity (Wildman–Crippen MR) is 98.8 cm³/mol. The highest BCUT2D eigenvalue weighted by atomic mass is 32.1.